The molecule has 156 valence electrons. The van der Waals surface area contributed by atoms with E-state index in [2.05, 4.69) is 20.8 Å². The second-order valence-corrected chi connectivity index (χ2v) is 8.06. The predicted molar refractivity (Wildman–Crippen MR) is 115 cm³/mol. The Kier molecular flexibility index (Phi) is 20.4. The van der Waals surface area contributed by atoms with E-state index in [0.717, 1.165) is 31.6 Å². The Hall–Kier alpha value is -0.530. The lowest BCUT2D eigenvalue weighted by molar-refractivity contribution is -0.143. The minimum atomic E-state index is -0.00148. The van der Waals surface area contributed by atoms with Crippen LogP contribution in [0, 0.1) is 5.92 Å². The first kappa shape index (κ1) is 25.5. The lowest BCUT2D eigenvalue weighted by Gasteiger charge is -2.13. The van der Waals surface area contributed by atoms with Gasteiger partial charge in [-0.15, -0.1) is 0 Å². The summed E-state index contributed by atoms with van der Waals surface area (Å²) in [6, 6.07) is 0. The van der Waals surface area contributed by atoms with E-state index in [9.17, 15) is 4.79 Å². The van der Waals surface area contributed by atoms with E-state index in [1.54, 1.807) is 0 Å². The summed E-state index contributed by atoms with van der Waals surface area (Å²) in [7, 11) is 0. The third kappa shape index (κ3) is 18.3. The van der Waals surface area contributed by atoms with Crippen molar-refractivity contribution >= 4 is 5.97 Å². The zero-order chi connectivity index (χ0) is 19.3. The second-order valence-electron chi connectivity index (χ2n) is 8.06. The van der Waals surface area contributed by atoms with Gasteiger partial charge in [-0.3, -0.25) is 4.79 Å². The van der Waals surface area contributed by atoms with Gasteiger partial charge in [0.15, 0.2) is 0 Å². The maximum absolute atomic E-state index is 11.5. The quantitative estimate of drug-likeness (QED) is 0.160. The molecule has 2 heteroatoms. The molecule has 0 aliphatic rings. The lowest BCUT2D eigenvalue weighted by Crippen LogP contribution is -2.05. The zero-order valence-corrected chi connectivity index (χ0v) is 18.3. The topological polar surface area (TPSA) is 26.3 Å². The van der Waals surface area contributed by atoms with E-state index in [1.807, 2.05) is 0 Å². The fraction of sp³-hybridized carbons (Fsp3) is 0.958. The van der Waals surface area contributed by atoms with Crippen LogP contribution in [-0.2, 0) is 9.53 Å². The Morgan fingerprint density at radius 3 is 1.77 bits per heavy atom. The molecule has 1 unspecified atom stereocenters. The molecule has 26 heavy (non-hydrogen) atoms. The molecule has 0 amide bonds. The van der Waals surface area contributed by atoms with Crippen molar-refractivity contribution in [2.75, 3.05) is 6.61 Å². The van der Waals surface area contributed by atoms with Gasteiger partial charge in [-0.1, -0.05) is 117 Å². The van der Waals surface area contributed by atoms with E-state index in [1.165, 1.54) is 83.5 Å². The predicted octanol–water partition coefficient (Wildman–Crippen LogP) is 8.23. The summed E-state index contributed by atoms with van der Waals surface area (Å²) >= 11 is 0. The third-order valence-electron chi connectivity index (χ3n) is 5.53. The average molecular weight is 369 g/mol. The second kappa shape index (κ2) is 20.8. The van der Waals surface area contributed by atoms with Crippen molar-refractivity contribution in [2.24, 2.45) is 5.92 Å². The highest BCUT2D eigenvalue weighted by Crippen LogP contribution is 2.19. The highest BCUT2D eigenvalue weighted by molar-refractivity contribution is 5.69. The van der Waals surface area contributed by atoms with Gasteiger partial charge in [-0.05, 0) is 18.8 Å². The molecule has 0 bridgehead atoms. The average Bonchev–Trinajstić information content (AvgIpc) is 2.64. The van der Waals surface area contributed by atoms with E-state index in [-0.39, 0.29) is 5.97 Å². The number of hydrogen-bond donors (Lipinski definition) is 0. The minimum absolute atomic E-state index is 0.00148. The van der Waals surface area contributed by atoms with E-state index in [0.29, 0.717) is 13.0 Å². The van der Waals surface area contributed by atoms with Crippen molar-refractivity contribution in [3.8, 4) is 0 Å². The molecule has 0 radical (unpaired) electrons. The molecule has 0 saturated heterocycles. The van der Waals surface area contributed by atoms with Crippen LogP contribution in [0.3, 0.4) is 0 Å². The minimum Gasteiger partial charge on any atom is -0.466 e. The van der Waals surface area contributed by atoms with Gasteiger partial charge in [-0.2, -0.15) is 0 Å². The highest BCUT2D eigenvalue weighted by atomic mass is 16.5. The largest absolute Gasteiger partial charge is 0.466 e. The fourth-order valence-corrected chi connectivity index (χ4v) is 3.69. The Balaban J connectivity index is 3.18. The molecule has 0 aliphatic heterocycles. The van der Waals surface area contributed by atoms with Gasteiger partial charge in [0.25, 0.3) is 0 Å². The van der Waals surface area contributed by atoms with Crippen molar-refractivity contribution in [2.45, 2.75) is 136 Å². The molecule has 0 aromatic rings. The van der Waals surface area contributed by atoms with Crippen LogP contribution >= 0.6 is 0 Å². The molecule has 0 heterocycles. The number of unbranched alkanes of at least 4 members (excludes halogenated alkanes) is 11. The molecule has 0 aromatic carbocycles. The molecule has 0 aliphatic carbocycles. The van der Waals surface area contributed by atoms with Gasteiger partial charge in [0, 0.05) is 6.42 Å². The highest BCUT2D eigenvalue weighted by Gasteiger charge is 2.04. The van der Waals surface area contributed by atoms with Crippen molar-refractivity contribution < 1.29 is 9.53 Å². The van der Waals surface area contributed by atoms with Crippen LogP contribution in [0.25, 0.3) is 0 Å². The summed E-state index contributed by atoms with van der Waals surface area (Å²) < 4.78 is 5.27. The summed E-state index contributed by atoms with van der Waals surface area (Å²) in [6.07, 6.45) is 22.8. The summed E-state index contributed by atoms with van der Waals surface area (Å²) in [5, 5.41) is 0. The van der Waals surface area contributed by atoms with Crippen molar-refractivity contribution in [1.82, 2.24) is 0 Å². The van der Waals surface area contributed by atoms with Gasteiger partial charge >= 0.3 is 5.97 Å². The number of ether oxygens (including phenoxy) is 1. The molecular formula is C24H48O2. The third-order valence-corrected chi connectivity index (χ3v) is 5.53. The normalized spacial score (nSPS) is 12.3. The van der Waals surface area contributed by atoms with E-state index >= 15 is 0 Å². The molecule has 0 aromatic heterocycles. The van der Waals surface area contributed by atoms with Crippen molar-refractivity contribution in [3.63, 3.8) is 0 Å². The summed E-state index contributed by atoms with van der Waals surface area (Å²) in [5.41, 5.74) is 0. The first-order valence-electron chi connectivity index (χ1n) is 11.9. The fourth-order valence-electron chi connectivity index (χ4n) is 3.69. The Bertz CT molecular complexity index is 288. The van der Waals surface area contributed by atoms with E-state index < -0.39 is 0 Å². The first-order chi connectivity index (χ1) is 12.7. The van der Waals surface area contributed by atoms with Gasteiger partial charge in [0.1, 0.15) is 0 Å². The number of hydrogen-bond acceptors (Lipinski definition) is 2. The molecule has 0 rings (SSSR count). The van der Waals surface area contributed by atoms with Crippen molar-refractivity contribution in [3.05, 3.63) is 0 Å². The van der Waals surface area contributed by atoms with Gasteiger partial charge < -0.3 is 4.74 Å². The lowest BCUT2D eigenvalue weighted by atomic mass is 9.94. The number of carbonyl (C=O) groups excluding carboxylic acids is 1. The monoisotopic (exact) mass is 368 g/mol. The molecule has 1 atom stereocenters. The Morgan fingerprint density at radius 1 is 0.654 bits per heavy atom. The standard InChI is InChI=1S/C24H48O2/c1-4-7-16-21-24(25)26-22-18-15-13-11-9-8-10-12-14-17-20-23(6-3)19-5-2/h23H,4-22H2,1-3H3. The number of rotatable bonds is 20. The molecule has 2 nitrogen and oxygen atoms in total. The van der Waals surface area contributed by atoms with Crippen LogP contribution in [0.5, 0.6) is 0 Å². The maximum Gasteiger partial charge on any atom is 0.305 e. The van der Waals surface area contributed by atoms with Crippen LogP contribution < -0.4 is 0 Å². The van der Waals surface area contributed by atoms with Crippen LogP contribution in [0.4, 0.5) is 0 Å². The van der Waals surface area contributed by atoms with Crippen LogP contribution in [0.2, 0.25) is 0 Å². The number of esters is 1. The summed E-state index contributed by atoms with van der Waals surface area (Å²) in [5.74, 6) is 0.981. The van der Waals surface area contributed by atoms with Gasteiger partial charge in [0.05, 0.1) is 6.61 Å². The Morgan fingerprint density at radius 2 is 1.23 bits per heavy atom. The molecule has 0 N–H and O–H groups in total. The van der Waals surface area contributed by atoms with Gasteiger partial charge in [0.2, 0.25) is 0 Å². The van der Waals surface area contributed by atoms with Crippen LogP contribution in [-0.4, -0.2) is 12.6 Å². The van der Waals surface area contributed by atoms with Crippen molar-refractivity contribution in [1.29, 1.82) is 0 Å². The van der Waals surface area contributed by atoms with E-state index in [4.69, 9.17) is 4.74 Å². The van der Waals surface area contributed by atoms with Crippen LogP contribution in [0.1, 0.15) is 136 Å². The molecule has 0 fully saturated rings. The zero-order valence-electron chi connectivity index (χ0n) is 18.3. The molecule has 0 saturated carbocycles. The molecule has 0 spiro atoms. The van der Waals surface area contributed by atoms with Gasteiger partial charge in [-0.25, -0.2) is 0 Å². The van der Waals surface area contributed by atoms with Crippen LogP contribution in [0.15, 0.2) is 0 Å². The first-order valence-corrected chi connectivity index (χ1v) is 11.9. The molecular weight excluding hydrogens is 320 g/mol. The summed E-state index contributed by atoms with van der Waals surface area (Å²) in [4.78, 5) is 11.5. The smallest absolute Gasteiger partial charge is 0.305 e. The SMILES string of the molecule is CCCCCC(=O)OCCCCCCCCCCCCC(CC)CCC. The maximum atomic E-state index is 11.5. The summed E-state index contributed by atoms with van der Waals surface area (Å²) in [6.45, 7) is 7.44. The Labute approximate surface area is 164 Å². The number of carbonyl (C=O) groups is 1.